The fraction of sp³-hybridized carbons (Fsp3) is 0.692. The predicted molar refractivity (Wildman–Crippen MR) is 77.7 cm³/mol. The van der Waals surface area contributed by atoms with Gasteiger partial charge in [0.2, 0.25) is 0 Å². The second-order valence-electron chi connectivity index (χ2n) is 4.63. The number of nitrogens with one attached hydrogen (secondary N) is 1. The van der Waals surface area contributed by atoms with Gasteiger partial charge in [-0.15, -0.1) is 0 Å². The van der Waals surface area contributed by atoms with Crippen molar-refractivity contribution >= 4 is 17.3 Å². The Bertz CT molecular complexity index is 458. The summed E-state index contributed by atoms with van der Waals surface area (Å²) in [6.07, 6.45) is 3.67. The summed E-state index contributed by atoms with van der Waals surface area (Å²) >= 11 is 6.05. The van der Waals surface area contributed by atoms with E-state index in [1.165, 1.54) is 6.20 Å². The lowest BCUT2D eigenvalue weighted by molar-refractivity contribution is 0.266. The van der Waals surface area contributed by atoms with Gasteiger partial charge < -0.3 is 10.4 Å². The van der Waals surface area contributed by atoms with Crippen molar-refractivity contribution in [3.63, 3.8) is 0 Å². The summed E-state index contributed by atoms with van der Waals surface area (Å²) in [5.74, 6) is 0.524. The first-order valence-electron chi connectivity index (χ1n) is 6.68. The van der Waals surface area contributed by atoms with Gasteiger partial charge in [-0.1, -0.05) is 38.3 Å². The standard InChI is InChI=1S/C13H22ClN3O2/c1-4-10(5-2)9(3)16-11-8-15-17(6-7-18)13(19)12(11)14/h8-10,16,18H,4-7H2,1-3H3. The first-order valence-corrected chi connectivity index (χ1v) is 7.05. The number of hydrogen-bond acceptors (Lipinski definition) is 4. The van der Waals surface area contributed by atoms with Crippen LogP contribution in [0.1, 0.15) is 33.6 Å². The van der Waals surface area contributed by atoms with Gasteiger partial charge in [0.05, 0.1) is 25.0 Å². The largest absolute Gasteiger partial charge is 0.394 e. The number of nitrogens with zero attached hydrogens (tertiary/aromatic N) is 2. The van der Waals surface area contributed by atoms with Gasteiger partial charge in [0.1, 0.15) is 5.02 Å². The lowest BCUT2D eigenvalue weighted by atomic mass is 9.95. The van der Waals surface area contributed by atoms with E-state index in [4.69, 9.17) is 16.7 Å². The van der Waals surface area contributed by atoms with Crippen LogP contribution in [0.5, 0.6) is 0 Å². The topological polar surface area (TPSA) is 67.2 Å². The van der Waals surface area contributed by atoms with Gasteiger partial charge in [0.15, 0.2) is 0 Å². The maximum atomic E-state index is 11.9. The number of halogens is 1. The van der Waals surface area contributed by atoms with Gasteiger partial charge in [0, 0.05) is 6.04 Å². The Labute approximate surface area is 118 Å². The van der Waals surface area contributed by atoms with Gasteiger partial charge in [-0.05, 0) is 12.8 Å². The van der Waals surface area contributed by atoms with E-state index in [0.29, 0.717) is 11.6 Å². The number of aliphatic hydroxyl groups is 1. The smallest absolute Gasteiger partial charge is 0.287 e. The minimum atomic E-state index is -0.377. The summed E-state index contributed by atoms with van der Waals surface area (Å²) in [4.78, 5) is 11.9. The Balaban J connectivity index is 2.91. The normalized spacial score (nSPS) is 12.7. The Kier molecular flexibility index (Phi) is 6.31. The molecule has 1 heterocycles. The second kappa shape index (κ2) is 7.50. The van der Waals surface area contributed by atoms with Crippen molar-refractivity contribution in [3.8, 4) is 0 Å². The van der Waals surface area contributed by atoms with E-state index in [1.54, 1.807) is 0 Å². The zero-order chi connectivity index (χ0) is 14.4. The first-order chi connectivity index (χ1) is 9.04. The Morgan fingerprint density at radius 2 is 2.11 bits per heavy atom. The molecule has 1 aromatic rings. The minimum absolute atomic E-state index is 0.126. The van der Waals surface area contributed by atoms with Crippen LogP contribution in [0.15, 0.2) is 11.0 Å². The van der Waals surface area contributed by atoms with E-state index < -0.39 is 0 Å². The van der Waals surface area contributed by atoms with Crippen LogP contribution in [-0.2, 0) is 6.54 Å². The number of rotatable bonds is 7. The van der Waals surface area contributed by atoms with Crippen LogP contribution in [0.25, 0.3) is 0 Å². The van der Waals surface area contributed by atoms with E-state index in [0.717, 1.165) is 17.5 Å². The molecule has 0 amide bonds. The summed E-state index contributed by atoms with van der Waals surface area (Å²) in [6, 6.07) is 0.224. The molecule has 1 atom stereocenters. The minimum Gasteiger partial charge on any atom is -0.394 e. The molecule has 0 aromatic carbocycles. The van der Waals surface area contributed by atoms with Gasteiger partial charge in [0.25, 0.3) is 5.56 Å². The molecule has 108 valence electrons. The molecule has 2 N–H and O–H groups in total. The van der Waals surface area contributed by atoms with Crippen LogP contribution in [0.2, 0.25) is 5.02 Å². The molecule has 0 radical (unpaired) electrons. The molecule has 19 heavy (non-hydrogen) atoms. The van der Waals surface area contributed by atoms with E-state index in [-0.39, 0.29) is 29.8 Å². The van der Waals surface area contributed by atoms with Crippen molar-refractivity contribution in [2.24, 2.45) is 5.92 Å². The molecular weight excluding hydrogens is 266 g/mol. The molecule has 6 heteroatoms. The maximum Gasteiger partial charge on any atom is 0.287 e. The SMILES string of the molecule is CCC(CC)C(C)Nc1cnn(CCO)c(=O)c1Cl. The summed E-state index contributed by atoms with van der Waals surface area (Å²) < 4.78 is 1.16. The molecule has 0 aliphatic heterocycles. The zero-order valence-electron chi connectivity index (χ0n) is 11.7. The zero-order valence-corrected chi connectivity index (χ0v) is 12.4. The van der Waals surface area contributed by atoms with E-state index >= 15 is 0 Å². The monoisotopic (exact) mass is 287 g/mol. The fourth-order valence-corrected chi connectivity index (χ4v) is 2.38. The number of aliphatic hydroxyl groups excluding tert-OH is 1. The first kappa shape index (κ1) is 16.0. The third-order valence-corrected chi connectivity index (χ3v) is 3.80. The van der Waals surface area contributed by atoms with E-state index in [2.05, 4.69) is 31.2 Å². The summed E-state index contributed by atoms with van der Waals surface area (Å²) in [7, 11) is 0. The summed E-state index contributed by atoms with van der Waals surface area (Å²) in [5.41, 5.74) is 0.178. The molecular formula is C13H22ClN3O2. The van der Waals surface area contributed by atoms with E-state index in [1.807, 2.05) is 0 Å². The predicted octanol–water partition coefficient (Wildman–Crippen LogP) is 2.13. The van der Waals surface area contributed by atoms with Gasteiger partial charge in [-0.3, -0.25) is 4.79 Å². The van der Waals surface area contributed by atoms with Crippen molar-refractivity contribution in [2.75, 3.05) is 11.9 Å². The molecule has 0 spiro atoms. The maximum absolute atomic E-state index is 11.9. The van der Waals surface area contributed by atoms with Crippen molar-refractivity contribution in [2.45, 2.75) is 46.2 Å². The average molecular weight is 288 g/mol. The summed E-state index contributed by atoms with van der Waals surface area (Å²) in [5, 5.41) is 16.2. The lowest BCUT2D eigenvalue weighted by Crippen LogP contribution is -2.29. The quantitative estimate of drug-likeness (QED) is 0.806. The molecule has 1 rings (SSSR count). The van der Waals surface area contributed by atoms with Crippen LogP contribution in [0.4, 0.5) is 5.69 Å². The van der Waals surface area contributed by atoms with Crippen molar-refractivity contribution < 1.29 is 5.11 Å². The highest BCUT2D eigenvalue weighted by Gasteiger charge is 2.16. The Morgan fingerprint density at radius 1 is 1.47 bits per heavy atom. The highest BCUT2D eigenvalue weighted by atomic mass is 35.5. The van der Waals surface area contributed by atoms with Crippen LogP contribution >= 0.6 is 11.6 Å². The van der Waals surface area contributed by atoms with E-state index in [9.17, 15) is 4.79 Å². The highest BCUT2D eigenvalue weighted by Crippen LogP contribution is 2.21. The Hall–Kier alpha value is -1.07. The van der Waals surface area contributed by atoms with Gasteiger partial charge >= 0.3 is 0 Å². The molecule has 0 saturated carbocycles. The van der Waals surface area contributed by atoms with Crippen LogP contribution < -0.4 is 10.9 Å². The number of hydrogen-bond donors (Lipinski definition) is 2. The summed E-state index contributed by atoms with van der Waals surface area (Å²) in [6.45, 7) is 6.38. The molecule has 0 aliphatic carbocycles. The molecule has 5 nitrogen and oxygen atoms in total. The molecule has 0 fully saturated rings. The second-order valence-corrected chi connectivity index (χ2v) is 5.01. The van der Waals surface area contributed by atoms with Crippen molar-refractivity contribution in [1.82, 2.24) is 9.78 Å². The number of aromatic nitrogens is 2. The van der Waals surface area contributed by atoms with Crippen LogP contribution in [-0.4, -0.2) is 27.5 Å². The third kappa shape index (κ3) is 3.94. The van der Waals surface area contributed by atoms with Crippen molar-refractivity contribution in [3.05, 3.63) is 21.6 Å². The molecule has 1 unspecified atom stereocenters. The Morgan fingerprint density at radius 3 is 2.63 bits per heavy atom. The lowest BCUT2D eigenvalue weighted by Gasteiger charge is -2.23. The number of anilines is 1. The van der Waals surface area contributed by atoms with Crippen LogP contribution in [0.3, 0.4) is 0 Å². The van der Waals surface area contributed by atoms with Crippen molar-refractivity contribution in [1.29, 1.82) is 0 Å². The fourth-order valence-electron chi connectivity index (χ4n) is 2.18. The van der Waals surface area contributed by atoms with Crippen LogP contribution in [0, 0.1) is 5.92 Å². The average Bonchev–Trinajstić information content (AvgIpc) is 2.40. The van der Waals surface area contributed by atoms with Gasteiger partial charge in [-0.25, -0.2) is 4.68 Å². The third-order valence-electron chi connectivity index (χ3n) is 3.44. The van der Waals surface area contributed by atoms with Gasteiger partial charge in [-0.2, -0.15) is 5.10 Å². The molecule has 0 saturated heterocycles. The highest BCUT2D eigenvalue weighted by molar-refractivity contribution is 6.32. The molecule has 1 aromatic heterocycles. The molecule has 0 aliphatic rings. The molecule has 0 bridgehead atoms.